The molecule has 0 unspecified atom stereocenters. The third kappa shape index (κ3) is 1.29. The maximum absolute atomic E-state index is 12.3. The van der Waals surface area contributed by atoms with Gasteiger partial charge in [0, 0.05) is 11.4 Å². The highest BCUT2D eigenvalue weighted by Crippen LogP contribution is 2.28. The minimum absolute atomic E-state index is 0.103. The minimum Gasteiger partial charge on any atom is -0.456 e. The molecule has 4 nitrogen and oxygen atoms in total. The highest BCUT2D eigenvalue weighted by atomic mass is 16.3. The van der Waals surface area contributed by atoms with E-state index in [1.54, 1.807) is 0 Å². The highest BCUT2D eigenvalue weighted by Gasteiger charge is 2.17. The average molecular weight is 242 g/mol. The molecule has 2 heterocycles. The molecule has 92 valence electrons. The van der Waals surface area contributed by atoms with Crippen molar-refractivity contribution in [3.05, 3.63) is 40.8 Å². The van der Waals surface area contributed by atoms with Gasteiger partial charge in [-0.05, 0) is 26.0 Å². The Morgan fingerprint density at radius 2 is 2.00 bits per heavy atom. The van der Waals surface area contributed by atoms with Crippen LogP contribution in [0.1, 0.15) is 19.9 Å². The Labute approximate surface area is 104 Å². The zero-order chi connectivity index (χ0) is 12.9. The topological polar surface area (TPSA) is 61.2 Å². The fraction of sp³-hybridized carbons (Fsp3) is 0.214. The lowest BCUT2D eigenvalue weighted by Gasteiger charge is -2.16. The van der Waals surface area contributed by atoms with Crippen LogP contribution < -0.4 is 11.2 Å². The van der Waals surface area contributed by atoms with Crippen molar-refractivity contribution in [3.63, 3.8) is 0 Å². The first-order valence-corrected chi connectivity index (χ1v) is 5.91. The van der Waals surface area contributed by atoms with Crippen LogP contribution in [-0.4, -0.2) is 4.57 Å². The second-order valence-corrected chi connectivity index (χ2v) is 4.68. The summed E-state index contributed by atoms with van der Waals surface area (Å²) >= 11 is 0. The van der Waals surface area contributed by atoms with Gasteiger partial charge in [0.2, 0.25) is 5.43 Å². The average Bonchev–Trinajstić information content (AvgIpc) is 2.72. The predicted octanol–water partition coefficient (Wildman–Crippen LogP) is 2.91. The normalized spacial score (nSPS) is 11.7. The quantitative estimate of drug-likeness (QED) is 0.713. The van der Waals surface area contributed by atoms with Crippen molar-refractivity contribution in [2.75, 3.05) is 5.73 Å². The number of para-hydroxylation sites is 1. The van der Waals surface area contributed by atoms with E-state index in [2.05, 4.69) is 13.8 Å². The molecule has 0 bridgehead atoms. The summed E-state index contributed by atoms with van der Waals surface area (Å²) in [5, 5.41) is 0.660. The molecule has 0 saturated heterocycles. The lowest BCUT2D eigenvalue weighted by atomic mass is 10.1. The summed E-state index contributed by atoms with van der Waals surface area (Å²) in [4.78, 5) is 12.3. The van der Waals surface area contributed by atoms with E-state index < -0.39 is 0 Å². The number of nitrogens with zero attached hydrogens (tertiary/aromatic N) is 1. The van der Waals surface area contributed by atoms with Gasteiger partial charge in [0.05, 0.1) is 11.2 Å². The van der Waals surface area contributed by atoms with E-state index in [0.717, 1.165) is 5.52 Å². The Kier molecular flexibility index (Phi) is 2.20. The first-order valence-electron chi connectivity index (χ1n) is 5.91. The van der Waals surface area contributed by atoms with Crippen LogP contribution in [0.4, 0.5) is 5.69 Å². The number of rotatable bonds is 1. The SMILES string of the molecule is CC(C)n1c2ccccc2c(=O)c2occ(N)c21. The van der Waals surface area contributed by atoms with Gasteiger partial charge in [-0.3, -0.25) is 4.79 Å². The number of furan rings is 1. The molecule has 0 atom stereocenters. The first kappa shape index (κ1) is 10.9. The molecule has 2 aromatic heterocycles. The van der Waals surface area contributed by atoms with Crippen molar-refractivity contribution in [2.45, 2.75) is 19.9 Å². The van der Waals surface area contributed by atoms with E-state index in [4.69, 9.17) is 10.2 Å². The van der Waals surface area contributed by atoms with Crippen LogP contribution in [0, 0.1) is 0 Å². The molecule has 4 heteroatoms. The summed E-state index contributed by atoms with van der Waals surface area (Å²) in [6.45, 7) is 4.12. The third-order valence-electron chi connectivity index (χ3n) is 3.16. The molecule has 2 N–H and O–H groups in total. The van der Waals surface area contributed by atoms with Gasteiger partial charge < -0.3 is 14.7 Å². The van der Waals surface area contributed by atoms with Gasteiger partial charge in [-0.2, -0.15) is 0 Å². The Hall–Kier alpha value is -2.23. The summed E-state index contributed by atoms with van der Waals surface area (Å²) < 4.78 is 7.37. The van der Waals surface area contributed by atoms with Gasteiger partial charge in [-0.15, -0.1) is 0 Å². The third-order valence-corrected chi connectivity index (χ3v) is 3.16. The van der Waals surface area contributed by atoms with Crippen molar-refractivity contribution in [1.82, 2.24) is 4.57 Å². The monoisotopic (exact) mass is 242 g/mol. The molecule has 0 aliphatic carbocycles. The van der Waals surface area contributed by atoms with Gasteiger partial charge in [0.1, 0.15) is 11.8 Å². The molecule has 0 amide bonds. The molecular weight excluding hydrogens is 228 g/mol. The summed E-state index contributed by atoms with van der Waals surface area (Å²) in [5.41, 5.74) is 8.23. The number of nitrogen functional groups attached to an aromatic ring is 1. The molecule has 3 aromatic rings. The molecule has 0 radical (unpaired) electrons. The number of benzene rings is 1. The first-order chi connectivity index (χ1) is 8.61. The van der Waals surface area contributed by atoms with E-state index in [1.165, 1.54) is 6.26 Å². The van der Waals surface area contributed by atoms with Crippen LogP contribution in [0.15, 0.2) is 39.7 Å². The van der Waals surface area contributed by atoms with Crippen LogP contribution in [0.25, 0.3) is 22.0 Å². The predicted molar refractivity (Wildman–Crippen MR) is 72.8 cm³/mol. The number of anilines is 1. The second-order valence-electron chi connectivity index (χ2n) is 4.68. The van der Waals surface area contributed by atoms with Gasteiger partial charge in [-0.1, -0.05) is 12.1 Å². The Balaban J connectivity index is 2.70. The van der Waals surface area contributed by atoms with Crippen molar-refractivity contribution >= 4 is 27.7 Å². The zero-order valence-corrected chi connectivity index (χ0v) is 10.3. The fourth-order valence-corrected chi connectivity index (χ4v) is 2.43. The van der Waals surface area contributed by atoms with Crippen molar-refractivity contribution < 1.29 is 4.42 Å². The molecular formula is C14H14N2O2. The molecule has 0 fully saturated rings. The summed E-state index contributed by atoms with van der Waals surface area (Å²) in [5.74, 6) is 0. The van der Waals surface area contributed by atoms with Crippen LogP contribution in [0.3, 0.4) is 0 Å². The zero-order valence-electron chi connectivity index (χ0n) is 10.3. The van der Waals surface area contributed by atoms with E-state index in [-0.39, 0.29) is 11.5 Å². The van der Waals surface area contributed by atoms with Crippen molar-refractivity contribution in [2.24, 2.45) is 0 Å². The molecule has 0 aliphatic heterocycles. The smallest absolute Gasteiger partial charge is 0.232 e. The molecule has 3 rings (SSSR count). The maximum atomic E-state index is 12.3. The van der Waals surface area contributed by atoms with Gasteiger partial charge >= 0.3 is 0 Å². The summed E-state index contributed by atoms with van der Waals surface area (Å²) in [7, 11) is 0. The van der Waals surface area contributed by atoms with Crippen molar-refractivity contribution in [3.8, 4) is 0 Å². The summed E-state index contributed by atoms with van der Waals surface area (Å²) in [6, 6.07) is 7.71. The van der Waals surface area contributed by atoms with E-state index in [9.17, 15) is 4.79 Å². The molecule has 0 spiro atoms. The largest absolute Gasteiger partial charge is 0.456 e. The number of hydrogen-bond donors (Lipinski definition) is 1. The molecule has 0 saturated carbocycles. The fourth-order valence-electron chi connectivity index (χ4n) is 2.43. The van der Waals surface area contributed by atoms with Gasteiger partial charge in [0.25, 0.3) is 0 Å². The summed E-state index contributed by atoms with van der Waals surface area (Å²) in [6.07, 6.45) is 1.43. The van der Waals surface area contributed by atoms with Crippen LogP contribution >= 0.6 is 0 Å². The molecule has 1 aromatic carbocycles. The van der Waals surface area contributed by atoms with Crippen LogP contribution in [-0.2, 0) is 0 Å². The second kappa shape index (κ2) is 3.63. The van der Waals surface area contributed by atoms with Crippen molar-refractivity contribution in [1.29, 1.82) is 0 Å². The number of nitrogens with two attached hydrogens (primary N) is 1. The lowest BCUT2D eigenvalue weighted by molar-refractivity contribution is 0.606. The van der Waals surface area contributed by atoms with E-state index in [1.807, 2.05) is 28.8 Å². The minimum atomic E-state index is -0.103. The van der Waals surface area contributed by atoms with Gasteiger partial charge in [-0.25, -0.2) is 0 Å². The van der Waals surface area contributed by atoms with Crippen LogP contribution in [0.2, 0.25) is 0 Å². The Bertz CT molecular complexity index is 797. The number of pyridine rings is 1. The highest BCUT2D eigenvalue weighted by molar-refractivity contribution is 5.96. The number of fused-ring (bicyclic) bond motifs is 2. The Morgan fingerprint density at radius 3 is 2.72 bits per heavy atom. The van der Waals surface area contributed by atoms with E-state index >= 15 is 0 Å². The standard InChI is InChI=1S/C14H14N2O2/c1-8(2)16-11-6-4-3-5-9(11)13(17)14-12(16)10(15)7-18-14/h3-8H,15H2,1-2H3. The number of hydrogen-bond acceptors (Lipinski definition) is 3. The van der Waals surface area contributed by atoms with Gasteiger partial charge in [0.15, 0.2) is 5.58 Å². The lowest BCUT2D eigenvalue weighted by Crippen LogP contribution is -2.12. The maximum Gasteiger partial charge on any atom is 0.232 e. The Morgan fingerprint density at radius 1 is 1.28 bits per heavy atom. The molecule has 0 aliphatic rings. The van der Waals surface area contributed by atoms with Crippen LogP contribution in [0.5, 0.6) is 0 Å². The number of aromatic nitrogens is 1. The molecule has 18 heavy (non-hydrogen) atoms. The van der Waals surface area contributed by atoms with E-state index in [0.29, 0.717) is 22.2 Å².